The van der Waals surface area contributed by atoms with Crippen LogP contribution in [0.1, 0.15) is 72.8 Å². The largest absolute Gasteiger partial charge is 0.353 e. The third-order valence-corrected chi connectivity index (χ3v) is 6.98. The molecule has 1 saturated carbocycles. The van der Waals surface area contributed by atoms with Gasteiger partial charge in [-0.05, 0) is 75.8 Å². The van der Waals surface area contributed by atoms with E-state index in [9.17, 15) is 9.18 Å². The molecule has 2 fully saturated rings. The van der Waals surface area contributed by atoms with Crippen LogP contribution in [0.25, 0.3) is 5.65 Å². The summed E-state index contributed by atoms with van der Waals surface area (Å²) in [6, 6.07) is 9.51. The highest BCUT2D eigenvalue weighted by atomic mass is 19.1. The molecular weight excluding hydrogens is 417 g/mol. The van der Waals surface area contributed by atoms with Crippen molar-refractivity contribution >= 4 is 11.6 Å². The molecule has 0 radical (unpaired) electrons. The van der Waals surface area contributed by atoms with Crippen molar-refractivity contribution in [2.45, 2.75) is 77.4 Å². The number of aryl methyl sites for hydroxylation is 2. The number of nitrogens with one attached hydrogen (secondary N) is 1. The van der Waals surface area contributed by atoms with E-state index in [4.69, 9.17) is 10.1 Å². The second-order valence-corrected chi connectivity index (χ2v) is 9.55. The normalized spacial score (nSPS) is 19.2. The monoisotopic (exact) mass is 449 g/mol. The number of amides is 1. The lowest BCUT2D eigenvalue weighted by Crippen LogP contribution is -2.33. The van der Waals surface area contributed by atoms with Crippen LogP contribution in [-0.2, 0) is 17.8 Å². The van der Waals surface area contributed by atoms with Crippen molar-refractivity contribution in [1.29, 1.82) is 0 Å². The Morgan fingerprint density at radius 3 is 2.70 bits per heavy atom. The summed E-state index contributed by atoms with van der Waals surface area (Å²) in [5.41, 5.74) is 6.15. The average molecular weight is 450 g/mol. The number of nitrogens with zero attached hydrogens (tertiary/aromatic N) is 4. The fourth-order valence-corrected chi connectivity index (χ4v) is 4.97. The van der Waals surface area contributed by atoms with Crippen molar-refractivity contribution < 1.29 is 9.18 Å². The van der Waals surface area contributed by atoms with Gasteiger partial charge in [0, 0.05) is 36.5 Å². The van der Waals surface area contributed by atoms with Crippen molar-refractivity contribution in [3.8, 4) is 0 Å². The Morgan fingerprint density at radius 1 is 1.15 bits per heavy atom. The minimum atomic E-state index is -0.202. The van der Waals surface area contributed by atoms with Gasteiger partial charge in [0.15, 0.2) is 5.65 Å². The number of aromatic nitrogens is 3. The summed E-state index contributed by atoms with van der Waals surface area (Å²) in [7, 11) is 0. The zero-order chi connectivity index (χ0) is 22.9. The van der Waals surface area contributed by atoms with E-state index in [-0.39, 0.29) is 17.8 Å². The zero-order valence-corrected chi connectivity index (χ0v) is 19.5. The predicted molar refractivity (Wildman–Crippen MR) is 125 cm³/mol. The molecule has 1 aliphatic heterocycles. The molecule has 1 aromatic carbocycles. The number of likely N-dealkylation sites (tertiary alicyclic amines) is 1. The molecule has 1 N–H and O–H groups in total. The number of hydrogen-bond donors (Lipinski definition) is 1. The molecule has 1 amide bonds. The van der Waals surface area contributed by atoms with Crippen molar-refractivity contribution in [1.82, 2.24) is 24.8 Å². The summed E-state index contributed by atoms with van der Waals surface area (Å²) in [6.45, 7) is 5.88. The second-order valence-electron chi connectivity index (χ2n) is 9.55. The first-order chi connectivity index (χ1) is 16.0. The number of carbonyl (C=O) groups excluding carboxylic acids is 1. The molecule has 174 valence electrons. The molecule has 3 aromatic rings. The number of hydrogen-bond acceptors (Lipinski definition) is 4. The predicted octanol–water partition coefficient (Wildman–Crippen LogP) is 4.42. The highest BCUT2D eigenvalue weighted by Crippen LogP contribution is 2.32. The van der Waals surface area contributed by atoms with Gasteiger partial charge in [0.1, 0.15) is 5.82 Å². The molecule has 2 aromatic heterocycles. The number of rotatable bonds is 7. The molecule has 1 atom stereocenters. The molecule has 7 heteroatoms. The molecule has 1 saturated heterocycles. The number of halogens is 1. The van der Waals surface area contributed by atoms with Crippen LogP contribution in [0.4, 0.5) is 4.39 Å². The summed E-state index contributed by atoms with van der Waals surface area (Å²) < 4.78 is 15.3. The Bertz CT molecular complexity index is 1150. The molecule has 0 unspecified atom stereocenters. The SMILES string of the molecule is Cc1nc2cc([C@@H]3CCCCN3Cc3ccc(F)cc3)nn2c(C)c1CCC(=O)NC1CC1. The topological polar surface area (TPSA) is 62.5 Å². The first-order valence-electron chi connectivity index (χ1n) is 12.1. The standard InChI is InChI=1S/C26H32FN5O/c1-17-22(12-13-26(33)29-21-10-11-21)18(2)32-25(28-17)15-23(30-32)24-5-3-4-14-31(24)16-19-6-8-20(27)9-7-19/h6-9,15,21,24H,3-5,10-14,16H2,1-2H3,(H,29,33)/t24-/m0/s1. The lowest BCUT2D eigenvalue weighted by molar-refractivity contribution is -0.121. The zero-order valence-electron chi connectivity index (χ0n) is 19.5. The van der Waals surface area contributed by atoms with Crippen LogP contribution in [0.15, 0.2) is 30.3 Å². The number of fused-ring (bicyclic) bond motifs is 1. The minimum absolute atomic E-state index is 0.121. The smallest absolute Gasteiger partial charge is 0.220 e. The van der Waals surface area contributed by atoms with E-state index in [0.29, 0.717) is 18.9 Å². The van der Waals surface area contributed by atoms with Crippen LogP contribution in [0.3, 0.4) is 0 Å². The summed E-state index contributed by atoms with van der Waals surface area (Å²) in [4.78, 5) is 19.5. The fraction of sp³-hybridized carbons (Fsp3) is 0.500. The van der Waals surface area contributed by atoms with Crippen molar-refractivity contribution in [3.63, 3.8) is 0 Å². The number of piperidine rings is 1. The Morgan fingerprint density at radius 2 is 1.94 bits per heavy atom. The van der Waals surface area contributed by atoms with Gasteiger partial charge in [0.2, 0.25) is 5.91 Å². The van der Waals surface area contributed by atoms with E-state index in [1.54, 1.807) is 0 Å². The minimum Gasteiger partial charge on any atom is -0.353 e. The van der Waals surface area contributed by atoms with E-state index in [1.165, 1.54) is 18.6 Å². The fourth-order valence-electron chi connectivity index (χ4n) is 4.97. The first-order valence-corrected chi connectivity index (χ1v) is 12.1. The molecule has 3 heterocycles. The van der Waals surface area contributed by atoms with Crippen LogP contribution in [-0.4, -0.2) is 38.0 Å². The highest BCUT2D eigenvalue weighted by molar-refractivity contribution is 5.76. The third-order valence-electron chi connectivity index (χ3n) is 6.98. The summed E-state index contributed by atoms with van der Waals surface area (Å²) in [5.74, 6) is -0.0803. The Hall–Kier alpha value is -2.80. The highest BCUT2D eigenvalue weighted by Gasteiger charge is 2.27. The lowest BCUT2D eigenvalue weighted by atomic mass is 9.98. The van der Waals surface area contributed by atoms with Crippen LogP contribution in [0, 0.1) is 19.7 Å². The Labute approximate surface area is 194 Å². The van der Waals surface area contributed by atoms with E-state index < -0.39 is 0 Å². The van der Waals surface area contributed by atoms with E-state index in [2.05, 4.69) is 23.2 Å². The van der Waals surface area contributed by atoms with E-state index >= 15 is 0 Å². The van der Waals surface area contributed by atoms with Gasteiger partial charge in [-0.1, -0.05) is 18.6 Å². The molecule has 0 bridgehead atoms. The molecule has 33 heavy (non-hydrogen) atoms. The van der Waals surface area contributed by atoms with Gasteiger partial charge in [0.05, 0.1) is 11.7 Å². The maximum absolute atomic E-state index is 13.3. The molecule has 6 nitrogen and oxygen atoms in total. The number of benzene rings is 1. The van der Waals surface area contributed by atoms with Crippen LogP contribution >= 0.6 is 0 Å². The van der Waals surface area contributed by atoms with Gasteiger partial charge in [-0.3, -0.25) is 9.69 Å². The molecule has 1 aliphatic carbocycles. The molecule has 5 rings (SSSR count). The van der Waals surface area contributed by atoms with Gasteiger partial charge in [-0.15, -0.1) is 0 Å². The van der Waals surface area contributed by atoms with Gasteiger partial charge in [0.25, 0.3) is 0 Å². The summed E-state index contributed by atoms with van der Waals surface area (Å²) in [6.07, 6.45) is 6.75. The summed E-state index contributed by atoms with van der Waals surface area (Å²) in [5, 5.41) is 8.05. The van der Waals surface area contributed by atoms with Gasteiger partial charge in [-0.25, -0.2) is 13.9 Å². The van der Waals surface area contributed by atoms with Gasteiger partial charge >= 0.3 is 0 Å². The first kappa shape index (κ1) is 22.0. The lowest BCUT2D eigenvalue weighted by Gasteiger charge is -2.34. The molecule has 2 aliphatic rings. The van der Waals surface area contributed by atoms with Crippen molar-refractivity contribution in [2.75, 3.05) is 6.54 Å². The van der Waals surface area contributed by atoms with E-state index in [1.807, 2.05) is 23.6 Å². The van der Waals surface area contributed by atoms with Crippen molar-refractivity contribution in [3.05, 3.63) is 64.4 Å². The van der Waals surface area contributed by atoms with Gasteiger partial charge in [-0.2, -0.15) is 5.10 Å². The second kappa shape index (κ2) is 9.21. The Balaban J connectivity index is 1.37. The van der Waals surface area contributed by atoms with Crippen molar-refractivity contribution in [2.24, 2.45) is 0 Å². The third kappa shape index (κ3) is 4.93. The van der Waals surface area contributed by atoms with Gasteiger partial charge < -0.3 is 5.32 Å². The number of carbonyl (C=O) groups is 1. The van der Waals surface area contributed by atoms with Crippen LogP contribution in [0.2, 0.25) is 0 Å². The van der Waals surface area contributed by atoms with Crippen LogP contribution < -0.4 is 5.32 Å². The van der Waals surface area contributed by atoms with Crippen LogP contribution in [0.5, 0.6) is 0 Å². The maximum Gasteiger partial charge on any atom is 0.220 e. The molecule has 0 spiro atoms. The summed E-state index contributed by atoms with van der Waals surface area (Å²) >= 11 is 0. The quantitative estimate of drug-likeness (QED) is 0.580. The Kier molecular flexibility index (Phi) is 6.15. The maximum atomic E-state index is 13.3. The average Bonchev–Trinajstić information content (AvgIpc) is 3.51. The molecular formula is C26H32FN5O. The van der Waals surface area contributed by atoms with E-state index in [0.717, 1.165) is 72.6 Å².